The van der Waals surface area contributed by atoms with Crippen LogP contribution in [-0.4, -0.2) is 64.5 Å². The standard InChI is InChI=1S/C20H18F3N5O2/c1-29-11-7-28(8-11)14-9-30-15-5-3-2-4-12(15)17(14)27-19-13-6-16(20(21,22)23)26-18(13)24-10-25-19/h2-6,10-11,14H,7-9H2,1H3,(H,24,25,26)/t14-/m0/s1. The van der Waals surface area contributed by atoms with E-state index in [1.807, 2.05) is 24.3 Å². The van der Waals surface area contributed by atoms with Crippen LogP contribution in [-0.2, 0) is 10.9 Å². The van der Waals surface area contributed by atoms with E-state index in [-0.39, 0.29) is 29.0 Å². The topological polar surface area (TPSA) is 75.6 Å². The molecule has 0 aliphatic carbocycles. The van der Waals surface area contributed by atoms with Crippen molar-refractivity contribution in [1.29, 1.82) is 0 Å². The monoisotopic (exact) mass is 417 g/mol. The minimum absolute atomic E-state index is 0.0944. The van der Waals surface area contributed by atoms with Gasteiger partial charge in [-0.3, -0.25) is 4.90 Å². The number of methoxy groups -OCH3 is 1. The van der Waals surface area contributed by atoms with Crippen LogP contribution < -0.4 is 4.74 Å². The second kappa shape index (κ2) is 7.06. The van der Waals surface area contributed by atoms with Crippen molar-refractivity contribution >= 4 is 22.6 Å². The number of ether oxygens (including phenoxy) is 2. The predicted molar refractivity (Wildman–Crippen MR) is 103 cm³/mol. The van der Waals surface area contributed by atoms with Crippen molar-refractivity contribution in [3.05, 3.63) is 47.9 Å². The van der Waals surface area contributed by atoms with Gasteiger partial charge >= 0.3 is 6.18 Å². The molecule has 0 saturated carbocycles. The molecule has 1 aromatic carbocycles. The lowest BCUT2D eigenvalue weighted by Crippen LogP contribution is -2.61. The number of rotatable bonds is 3. The lowest BCUT2D eigenvalue weighted by Gasteiger charge is -2.45. The molecule has 30 heavy (non-hydrogen) atoms. The Balaban J connectivity index is 1.61. The molecular weight excluding hydrogens is 399 g/mol. The van der Waals surface area contributed by atoms with E-state index in [4.69, 9.17) is 14.5 Å². The molecule has 7 nitrogen and oxygen atoms in total. The number of aromatic amines is 1. The number of alkyl halides is 3. The lowest BCUT2D eigenvalue weighted by molar-refractivity contribution is -0.140. The van der Waals surface area contributed by atoms with Gasteiger partial charge in [0.2, 0.25) is 0 Å². The number of fused-ring (bicyclic) bond motifs is 2. The molecule has 156 valence electrons. The minimum atomic E-state index is -4.51. The van der Waals surface area contributed by atoms with Crippen molar-refractivity contribution in [2.45, 2.75) is 18.3 Å². The number of para-hydroxylation sites is 1. The smallest absolute Gasteiger partial charge is 0.431 e. The summed E-state index contributed by atoms with van der Waals surface area (Å²) in [5.41, 5.74) is 0.722. The summed E-state index contributed by atoms with van der Waals surface area (Å²) >= 11 is 0. The number of halogens is 3. The maximum absolute atomic E-state index is 13.2. The summed E-state index contributed by atoms with van der Waals surface area (Å²) in [5, 5.41) is 0.221. The molecule has 10 heteroatoms. The van der Waals surface area contributed by atoms with Crippen LogP contribution in [0.2, 0.25) is 0 Å². The van der Waals surface area contributed by atoms with E-state index >= 15 is 0 Å². The number of nitrogens with one attached hydrogen (secondary N) is 1. The molecule has 5 rings (SSSR count). The van der Waals surface area contributed by atoms with Crippen molar-refractivity contribution in [1.82, 2.24) is 19.9 Å². The fraction of sp³-hybridized carbons (Fsp3) is 0.350. The predicted octanol–water partition coefficient (Wildman–Crippen LogP) is 3.19. The van der Waals surface area contributed by atoms with Crippen molar-refractivity contribution in [3.63, 3.8) is 0 Å². The number of aromatic nitrogens is 3. The van der Waals surface area contributed by atoms with E-state index in [1.54, 1.807) is 7.11 Å². The number of aliphatic imine (C=N–C) groups is 1. The Morgan fingerprint density at radius 1 is 1.23 bits per heavy atom. The number of hydrogen-bond acceptors (Lipinski definition) is 6. The molecular formula is C20H18F3N5O2. The zero-order valence-electron chi connectivity index (χ0n) is 16.0. The summed E-state index contributed by atoms with van der Waals surface area (Å²) in [5.74, 6) is 0.874. The van der Waals surface area contributed by atoms with Gasteiger partial charge in [0, 0.05) is 25.8 Å². The molecule has 0 bridgehead atoms. The van der Waals surface area contributed by atoms with Gasteiger partial charge in [0.25, 0.3) is 0 Å². The van der Waals surface area contributed by atoms with Gasteiger partial charge in [-0.2, -0.15) is 13.2 Å². The highest BCUT2D eigenvalue weighted by Gasteiger charge is 2.39. The molecule has 1 atom stereocenters. The first kappa shape index (κ1) is 19.0. The first-order valence-corrected chi connectivity index (χ1v) is 9.42. The summed E-state index contributed by atoms with van der Waals surface area (Å²) in [7, 11) is 1.67. The lowest BCUT2D eigenvalue weighted by atomic mass is 9.95. The number of hydrogen-bond donors (Lipinski definition) is 1. The SMILES string of the molecule is COC1CN([C@H]2COc3ccccc3C2=Nc2ncnc3[nH]c(C(F)(F)F)cc23)C1. The van der Waals surface area contributed by atoms with Gasteiger partial charge in [-0.25, -0.2) is 15.0 Å². The van der Waals surface area contributed by atoms with Crippen LogP contribution in [0.25, 0.3) is 11.0 Å². The Morgan fingerprint density at radius 2 is 2.03 bits per heavy atom. The first-order chi connectivity index (χ1) is 14.4. The van der Waals surface area contributed by atoms with Gasteiger partial charge in [-0.1, -0.05) is 12.1 Å². The summed E-state index contributed by atoms with van der Waals surface area (Å²) < 4.78 is 50.7. The molecule has 1 fully saturated rings. The van der Waals surface area contributed by atoms with E-state index in [0.717, 1.165) is 24.7 Å². The van der Waals surface area contributed by atoms with Crippen molar-refractivity contribution in [2.24, 2.45) is 4.99 Å². The Morgan fingerprint density at radius 3 is 2.80 bits per heavy atom. The third kappa shape index (κ3) is 3.21. The highest BCUT2D eigenvalue weighted by atomic mass is 19.4. The zero-order valence-corrected chi connectivity index (χ0v) is 16.0. The molecule has 0 radical (unpaired) electrons. The molecule has 2 aromatic heterocycles. The third-order valence-corrected chi connectivity index (χ3v) is 5.46. The highest BCUT2D eigenvalue weighted by molar-refractivity contribution is 6.09. The normalized spacial score (nSPS) is 21.5. The van der Waals surface area contributed by atoms with Crippen LogP contribution in [0.15, 0.2) is 41.7 Å². The quantitative estimate of drug-likeness (QED) is 0.709. The maximum Gasteiger partial charge on any atom is 0.431 e. The van der Waals surface area contributed by atoms with Crippen LogP contribution >= 0.6 is 0 Å². The Kier molecular flexibility index (Phi) is 4.48. The zero-order chi connectivity index (χ0) is 20.9. The Bertz CT molecular complexity index is 1120. The Hall–Kier alpha value is -2.98. The number of benzene rings is 1. The summed E-state index contributed by atoms with van der Waals surface area (Å²) in [4.78, 5) is 17.3. The van der Waals surface area contributed by atoms with E-state index < -0.39 is 11.9 Å². The van der Waals surface area contributed by atoms with Crippen LogP contribution in [0, 0.1) is 0 Å². The van der Waals surface area contributed by atoms with E-state index in [2.05, 4.69) is 19.9 Å². The summed E-state index contributed by atoms with van der Waals surface area (Å²) in [6, 6.07) is 8.33. The second-order valence-electron chi connectivity index (χ2n) is 7.27. The number of nitrogens with zero attached hydrogens (tertiary/aromatic N) is 4. The molecule has 2 aliphatic rings. The molecule has 0 amide bonds. The molecule has 1 N–H and O–H groups in total. The van der Waals surface area contributed by atoms with Gasteiger partial charge < -0.3 is 14.5 Å². The summed E-state index contributed by atoms with van der Waals surface area (Å²) in [6.07, 6.45) is -3.15. The average Bonchev–Trinajstić information content (AvgIpc) is 3.14. The Labute approximate surface area is 169 Å². The molecule has 0 unspecified atom stereocenters. The maximum atomic E-state index is 13.2. The largest absolute Gasteiger partial charge is 0.491 e. The number of H-pyrrole nitrogens is 1. The van der Waals surface area contributed by atoms with Gasteiger partial charge in [0.1, 0.15) is 30.0 Å². The van der Waals surface area contributed by atoms with Crippen molar-refractivity contribution in [2.75, 3.05) is 26.8 Å². The van der Waals surface area contributed by atoms with E-state index in [9.17, 15) is 13.2 Å². The van der Waals surface area contributed by atoms with Crippen LogP contribution in [0.3, 0.4) is 0 Å². The highest BCUT2D eigenvalue weighted by Crippen LogP contribution is 2.35. The molecule has 1 saturated heterocycles. The van der Waals surface area contributed by atoms with E-state index in [0.29, 0.717) is 18.1 Å². The van der Waals surface area contributed by atoms with Crippen LogP contribution in [0.1, 0.15) is 11.3 Å². The molecule has 2 aliphatic heterocycles. The first-order valence-electron chi connectivity index (χ1n) is 9.42. The second-order valence-corrected chi connectivity index (χ2v) is 7.27. The molecule has 3 aromatic rings. The van der Waals surface area contributed by atoms with Crippen LogP contribution in [0.5, 0.6) is 5.75 Å². The average molecular weight is 417 g/mol. The van der Waals surface area contributed by atoms with Gasteiger partial charge in [0.15, 0.2) is 5.82 Å². The van der Waals surface area contributed by atoms with Gasteiger partial charge in [-0.15, -0.1) is 0 Å². The third-order valence-electron chi connectivity index (χ3n) is 5.46. The van der Waals surface area contributed by atoms with Gasteiger partial charge in [0.05, 0.1) is 23.2 Å². The fourth-order valence-corrected chi connectivity index (χ4v) is 3.80. The van der Waals surface area contributed by atoms with Gasteiger partial charge in [-0.05, 0) is 18.2 Å². The summed E-state index contributed by atoms with van der Waals surface area (Å²) in [6.45, 7) is 1.85. The fourth-order valence-electron chi connectivity index (χ4n) is 3.80. The van der Waals surface area contributed by atoms with Crippen LogP contribution in [0.4, 0.5) is 19.0 Å². The minimum Gasteiger partial charge on any atom is -0.491 e. The number of likely N-dealkylation sites (tertiary alicyclic amines) is 1. The van der Waals surface area contributed by atoms with Crippen molar-refractivity contribution in [3.8, 4) is 5.75 Å². The van der Waals surface area contributed by atoms with E-state index in [1.165, 1.54) is 6.33 Å². The van der Waals surface area contributed by atoms with Crippen molar-refractivity contribution < 1.29 is 22.6 Å². The molecule has 0 spiro atoms. The molecule has 4 heterocycles.